The summed E-state index contributed by atoms with van der Waals surface area (Å²) in [5.74, 6) is 0.855. The molecule has 1 aliphatic heterocycles. The Morgan fingerprint density at radius 3 is 2.54 bits per heavy atom. The Balaban J connectivity index is 1.87. The molecular weight excluding hydrogens is 324 g/mol. The normalized spacial score (nSPS) is 15.4. The molecular formula is C18H19ClN4O. The van der Waals surface area contributed by atoms with Crippen LogP contribution in [-0.4, -0.2) is 37.0 Å². The zero-order valence-electron chi connectivity index (χ0n) is 13.2. The van der Waals surface area contributed by atoms with Crippen molar-refractivity contribution in [1.82, 2.24) is 4.98 Å². The van der Waals surface area contributed by atoms with Crippen LogP contribution in [0.3, 0.4) is 0 Å². The van der Waals surface area contributed by atoms with Gasteiger partial charge >= 0.3 is 0 Å². The molecule has 1 aromatic carbocycles. The number of nitrogens with zero attached hydrogens (tertiary/aromatic N) is 2. The molecule has 3 N–H and O–H groups in total. The number of ether oxygens (including phenoxy) is 1. The zero-order valence-corrected chi connectivity index (χ0v) is 14.0. The van der Waals surface area contributed by atoms with E-state index in [1.807, 2.05) is 24.3 Å². The molecule has 0 radical (unpaired) electrons. The van der Waals surface area contributed by atoms with E-state index in [9.17, 15) is 0 Å². The van der Waals surface area contributed by atoms with E-state index in [0.717, 1.165) is 30.0 Å². The summed E-state index contributed by atoms with van der Waals surface area (Å²) in [5.41, 5.74) is 8.43. The number of halogens is 1. The van der Waals surface area contributed by atoms with E-state index in [1.165, 1.54) is 6.20 Å². The summed E-state index contributed by atoms with van der Waals surface area (Å²) >= 11 is 5.93. The van der Waals surface area contributed by atoms with Crippen molar-refractivity contribution in [3.8, 4) is 0 Å². The molecule has 2 aromatic rings. The first-order valence-corrected chi connectivity index (χ1v) is 8.12. The summed E-state index contributed by atoms with van der Waals surface area (Å²) in [4.78, 5) is 6.58. The molecule has 0 spiro atoms. The van der Waals surface area contributed by atoms with Gasteiger partial charge in [-0.05, 0) is 29.8 Å². The van der Waals surface area contributed by atoms with Gasteiger partial charge in [0.05, 0.1) is 18.9 Å². The molecule has 1 saturated heterocycles. The second-order valence-corrected chi connectivity index (χ2v) is 5.90. The van der Waals surface area contributed by atoms with Gasteiger partial charge in [-0.2, -0.15) is 0 Å². The Morgan fingerprint density at radius 2 is 1.88 bits per heavy atom. The highest BCUT2D eigenvalue weighted by atomic mass is 35.5. The topological polar surface area (TPSA) is 75.2 Å². The maximum atomic E-state index is 8.54. The van der Waals surface area contributed by atoms with Crippen LogP contribution < -0.4 is 10.6 Å². The number of morpholine rings is 1. The Morgan fingerprint density at radius 1 is 1.17 bits per heavy atom. The Bertz CT molecular complexity index is 752. The Hall–Kier alpha value is -2.37. The van der Waals surface area contributed by atoms with Gasteiger partial charge < -0.3 is 15.4 Å². The molecule has 0 amide bonds. The van der Waals surface area contributed by atoms with Crippen LogP contribution >= 0.6 is 11.6 Å². The number of allylic oxidation sites excluding steroid dienone is 1. The summed E-state index contributed by atoms with van der Waals surface area (Å²) < 4.78 is 5.37. The van der Waals surface area contributed by atoms with Crippen LogP contribution in [-0.2, 0) is 4.74 Å². The predicted molar refractivity (Wildman–Crippen MR) is 97.7 cm³/mol. The van der Waals surface area contributed by atoms with E-state index >= 15 is 0 Å². The first-order valence-electron chi connectivity index (χ1n) is 7.75. The Kier molecular flexibility index (Phi) is 5.13. The van der Waals surface area contributed by atoms with Crippen LogP contribution in [0.5, 0.6) is 0 Å². The molecule has 1 aliphatic rings. The van der Waals surface area contributed by atoms with Crippen molar-refractivity contribution in [2.75, 3.05) is 31.2 Å². The van der Waals surface area contributed by atoms with Crippen molar-refractivity contribution in [3.05, 3.63) is 64.9 Å². The van der Waals surface area contributed by atoms with E-state index < -0.39 is 0 Å². The molecule has 6 heteroatoms. The third kappa shape index (κ3) is 3.58. The first kappa shape index (κ1) is 16.5. The van der Waals surface area contributed by atoms with Crippen molar-refractivity contribution < 1.29 is 4.74 Å². The summed E-state index contributed by atoms with van der Waals surface area (Å²) in [6, 6.07) is 11.1. The second kappa shape index (κ2) is 7.47. The highest BCUT2D eigenvalue weighted by Gasteiger charge is 2.15. The van der Waals surface area contributed by atoms with Crippen molar-refractivity contribution in [2.45, 2.75) is 0 Å². The average Bonchev–Trinajstić information content (AvgIpc) is 2.64. The lowest BCUT2D eigenvalue weighted by Gasteiger charge is -2.28. The minimum Gasteiger partial charge on any atom is -0.404 e. The van der Waals surface area contributed by atoms with Gasteiger partial charge in [-0.3, -0.25) is 5.41 Å². The van der Waals surface area contributed by atoms with Gasteiger partial charge in [0.1, 0.15) is 5.82 Å². The van der Waals surface area contributed by atoms with E-state index in [4.69, 9.17) is 27.5 Å². The molecule has 124 valence electrons. The average molecular weight is 343 g/mol. The van der Waals surface area contributed by atoms with Crippen LogP contribution in [0.4, 0.5) is 5.82 Å². The van der Waals surface area contributed by atoms with E-state index in [2.05, 4.69) is 9.88 Å². The SMILES string of the molecule is N=C(/C(=C\N)c1ccc(Cl)cc1)c1ccnc(N2CCOCC2)c1. The third-order valence-corrected chi connectivity index (χ3v) is 4.21. The van der Waals surface area contributed by atoms with E-state index in [1.54, 1.807) is 18.3 Å². The molecule has 0 bridgehead atoms. The highest BCUT2D eigenvalue weighted by Crippen LogP contribution is 2.23. The van der Waals surface area contributed by atoms with Crippen molar-refractivity contribution >= 4 is 28.7 Å². The fraction of sp³-hybridized carbons (Fsp3) is 0.222. The largest absolute Gasteiger partial charge is 0.404 e. The smallest absolute Gasteiger partial charge is 0.129 e. The molecule has 0 unspecified atom stereocenters. The van der Waals surface area contributed by atoms with Gasteiger partial charge in [-0.1, -0.05) is 23.7 Å². The molecule has 0 atom stereocenters. The van der Waals surface area contributed by atoms with Crippen LogP contribution in [0.2, 0.25) is 5.02 Å². The summed E-state index contributed by atoms with van der Waals surface area (Å²) in [6.07, 6.45) is 3.19. The van der Waals surface area contributed by atoms with Crippen LogP contribution in [0, 0.1) is 5.41 Å². The summed E-state index contributed by atoms with van der Waals surface area (Å²) in [5, 5.41) is 9.19. The maximum absolute atomic E-state index is 8.54. The molecule has 0 aliphatic carbocycles. The van der Waals surface area contributed by atoms with E-state index in [-0.39, 0.29) is 0 Å². The monoisotopic (exact) mass is 342 g/mol. The predicted octanol–water partition coefficient (Wildman–Crippen LogP) is 2.94. The molecule has 0 saturated carbocycles. The highest BCUT2D eigenvalue weighted by molar-refractivity contribution is 6.32. The maximum Gasteiger partial charge on any atom is 0.129 e. The minimum absolute atomic E-state index is 0.358. The van der Waals surface area contributed by atoms with Crippen LogP contribution in [0.1, 0.15) is 11.1 Å². The number of anilines is 1. The number of aromatic nitrogens is 1. The first-order chi connectivity index (χ1) is 11.7. The molecule has 3 rings (SSSR count). The lowest BCUT2D eigenvalue weighted by Crippen LogP contribution is -2.36. The molecule has 24 heavy (non-hydrogen) atoms. The number of pyridine rings is 1. The van der Waals surface area contributed by atoms with Crippen LogP contribution in [0.25, 0.3) is 5.57 Å². The van der Waals surface area contributed by atoms with Gasteiger partial charge in [0.25, 0.3) is 0 Å². The standard InChI is InChI=1S/C18H19ClN4O/c19-15-3-1-13(2-4-15)16(12-20)18(21)14-5-6-22-17(11-14)23-7-9-24-10-8-23/h1-6,11-12,21H,7-10,20H2/b16-12-,21-18?. The molecule has 1 fully saturated rings. The number of nitrogens with one attached hydrogen (secondary N) is 1. The number of benzene rings is 1. The quantitative estimate of drug-likeness (QED) is 0.838. The number of nitrogens with two attached hydrogens (primary N) is 1. The lowest BCUT2D eigenvalue weighted by molar-refractivity contribution is 0.122. The lowest BCUT2D eigenvalue weighted by atomic mass is 9.97. The van der Waals surface area contributed by atoms with Crippen molar-refractivity contribution in [1.29, 1.82) is 5.41 Å². The minimum atomic E-state index is 0.358. The molecule has 2 heterocycles. The fourth-order valence-corrected chi connectivity index (χ4v) is 2.77. The third-order valence-electron chi connectivity index (χ3n) is 3.96. The summed E-state index contributed by atoms with van der Waals surface area (Å²) in [7, 11) is 0. The van der Waals surface area contributed by atoms with Gasteiger partial charge in [0.15, 0.2) is 0 Å². The van der Waals surface area contributed by atoms with Gasteiger partial charge in [0.2, 0.25) is 0 Å². The number of hydrogen-bond donors (Lipinski definition) is 2. The van der Waals surface area contributed by atoms with Gasteiger partial charge in [0, 0.05) is 41.6 Å². The van der Waals surface area contributed by atoms with Crippen LogP contribution in [0.15, 0.2) is 48.8 Å². The zero-order chi connectivity index (χ0) is 16.9. The molecule has 1 aromatic heterocycles. The van der Waals surface area contributed by atoms with E-state index in [0.29, 0.717) is 29.5 Å². The van der Waals surface area contributed by atoms with Crippen molar-refractivity contribution in [3.63, 3.8) is 0 Å². The molecule has 5 nitrogen and oxygen atoms in total. The van der Waals surface area contributed by atoms with Gasteiger partial charge in [-0.15, -0.1) is 0 Å². The fourth-order valence-electron chi connectivity index (χ4n) is 2.65. The van der Waals surface area contributed by atoms with Crippen molar-refractivity contribution in [2.24, 2.45) is 5.73 Å². The summed E-state index contributed by atoms with van der Waals surface area (Å²) in [6.45, 7) is 3.01. The number of hydrogen-bond acceptors (Lipinski definition) is 5. The second-order valence-electron chi connectivity index (χ2n) is 5.46. The van der Waals surface area contributed by atoms with Gasteiger partial charge in [-0.25, -0.2) is 4.98 Å². The number of rotatable bonds is 4. The Labute approximate surface area is 146 Å².